The number of ether oxygens (including phenoxy) is 1. The Morgan fingerprint density at radius 2 is 1.76 bits per heavy atom. The van der Waals surface area contributed by atoms with Crippen LogP contribution >= 0.6 is 15.9 Å². The second-order valence-electron chi connectivity index (χ2n) is 6.89. The van der Waals surface area contributed by atoms with Gasteiger partial charge in [-0.05, 0) is 64.8 Å². The van der Waals surface area contributed by atoms with Crippen LogP contribution in [0.15, 0.2) is 75.1 Å². The van der Waals surface area contributed by atoms with E-state index in [2.05, 4.69) is 26.5 Å². The molecule has 1 amide bonds. The van der Waals surface area contributed by atoms with Crippen molar-refractivity contribution >= 4 is 43.9 Å². The first-order valence-electron chi connectivity index (χ1n) is 9.57. The zero-order valence-electron chi connectivity index (χ0n) is 17.9. The Bertz CT molecular complexity index is 1360. The van der Waals surface area contributed by atoms with Gasteiger partial charge < -0.3 is 8.92 Å². The number of halogens is 1. The highest BCUT2D eigenvalue weighted by atomic mass is 79.9. The molecule has 0 spiro atoms. The second kappa shape index (κ2) is 10.4. The van der Waals surface area contributed by atoms with Crippen molar-refractivity contribution in [3.05, 3.63) is 91.9 Å². The van der Waals surface area contributed by atoms with Crippen LogP contribution in [0.1, 0.15) is 21.5 Å². The van der Waals surface area contributed by atoms with Crippen LogP contribution in [-0.4, -0.2) is 32.6 Å². The first-order chi connectivity index (χ1) is 16.1. The first kappa shape index (κ1) is 24.9. The minimum absolute atomic E-state index is 0.00773. The Kier molecular flexibility index (Phi) is 7.64. The molecule has 0 radical (unpaired) electrons. The van der Waals surface area contributed by atoms with Gasteiger partial charge in [-0.25, -0.2) is 5.43 Å². The number of amides is 1. The third-order valence-electron chi connectivity index (χ3n) is 4.47. The van der Waals surface area contributed by atoms with E-state index in [1.165, 1.54) is 61.9 Å². The van der Waals surface area contributed by atoms with Crippen molar-refractivity contribution in [2.24, 2.45) is 5.10 Å². The summed E-state index contributed by atoms with van der Waals surface area (Å²) in [7, 11) is -2.76. The van der Waals surface area contributed by atoms with Gasteiger partial charge in [0.15, 0.2) is 11.5 Å². The van der Waals surface area contributed by atoms with E-state index in [-0.39, 0.29) is 32.1 Å². The van der Waals surface area contributed by atoms with Gasteiger partial charge in [-0.2, -0.15) is 13.5 Å². The molecule has 0 bridgehead atoms. The van der Waals surface area contributed by atoms with Gasteiger partial charge in [-0.1, -0.05) is 17.7 Å². The number of carbonyl (C=O) groups is 1. The summed E-state index contributed by atoms with van der Waals surface area (Å²) in [6, 6.07) is 14.3. The molecular formula is C22H18BrN3O7S. The van der Waals surface area contributed by atoms with E-state index in [4.69, 9.17) is 8.92 Å². The number of nitro groups is 1. The maximum absolute atomic E-state index is 12.6. The first-order valence-corrected chi connectivity index (χ1v) is 11.8. The number of benzene rings is 3. The number of carbonyl (C=O) groups excluding carboxylic acids is 1. The molecule has 0 aliphatic carbocycles. The van der Waals surface area contributed by atoms with E-state index >= 15 is 0 Å². The zero-order valence-corrected chi connectivity index (χ0v) is 20.3. The molecule has 10 nitrogen and oxygen atoms in total. The summed E-state index contributed by atoms with van der Waals surface area (Å²) in [5.74, 6) is -0.496. The van der Waals surface area contributed by atoms with Crippen LogP contribution in [0.5, 0.6) is 11.5 Å². The smallest absolute Gasteiger partial charge is 0.339 e. The Morgan fingerprint density at radius 3 is 2.35 bits per heavy atom. The number of non-ortho nitro benzene ring substituents is 1. The lowest BCUT2D eigenvalue weighted by Gasteiger charge is -2.13. The summed E-state index contributed by atoms with van der Waals surface area (Å²) in [4.78, 5) is 22.3. The van der Waals surface area contributed by atoms with E-state index in [0.29, 0.717) is 5.56 Å². The molecule has 34 heavy (non-hydrogen) atoms. The third kappa shape index (κ3) is 5.97. The van der Waals surface area contributed by atoms with Crippen LogP contribution in [0, 0.1) is 17.0 Å². The molecule has 0 heterocycles. The molecule has 3 rings (SSSR count). The fourth-order valence-corrected chi connectivity index (χ4v) is 4.33. The average molecular weight is 548 g/mol. The minimum atomic E-state index is -4.11. The summed E-state index contributed by atoms with van der Waals surface area (Å²) in [5, 5.41) is 14.6. The summed E-state index contributed by atoms with van der Waals surface area (Å²) >= 11 is 3.28. The number of hydrazone groups is 1. The van der Waals surface area contributed by atoms with E-state index in [1.807, 2.05) is 6.92 Å². The number of rotatable bonds is 8. The molecule has 176 valence electrons. The summed E-state index contributed by atoms with van der Waals surface area (Å²) < 4.78 is 36.2. The quantitative estimate of drug-likeness (QED) is 0.193. The minimum Gasteiger partial charge on any atom is -0.493 e. The van der Waals surface area contributed by atoms with E-state index in [9.17, 15) is 23.3 Å². The van der Waals surface area contributed by atoms with Crippen LogP contribution in [-0.2, 0) is 10.1 Å². The molecule has 0 aliphatic heterocycles. The van der Waals surface area contributed by atoms with E-state index < -0.39 is 20.9 Å². The van der Waals surface area contributed by atoms with Gasteiger partial charge in [0.2, 0.25) is 0 Å². The fourth-order valence-electron chi connectivity index (χ4n) is 2.72. The summed E-state index contributed by atoms with van der Waals surface area (Å²) in [5.41, 5.74) is 3.73. The lowest BCUT2D eigenvalue weighted by molar-refractivity contribution is -0.384. The normalized spacial score (nSPS) is 11.3. The van der Waals surface area contributed by atoms with Crippen molar-refractivity contribution in [1.29, 1.82) is 0 Å². The van der Waals surface area contributed by atoms with Crippen molar-refractivity contribution in [3.8, 4) is 11.5 Å². The van der Waals surface area contributed by atoms with Crippen LogP contribution in [0.25, 0.3) is 0 Å². The average Bonchev–Trinajstić information content (AvgIpc) is 2.80. The number of nitro benzene ring substituents is 1. The number of nitrogens with zero attached hydrogens (tertiary/aromatic N) is 2. The molecule has 3 aromatic rings. The summed E-state index contributed by atoms with van der Waals surface area (Å²) in [6.07, 6.45) is 1.31. The Morgan fingerprint density at radius 1 is 1.12 bits per heavy atom. The summed E-state index contributed by atoms with van der Waals surface area (Å²) in [6.45, 7) is 1.84. The monoisotopic (exact) mass is 547 g/mol. The highest BCUT2D eigenvalue weighted by Crippen LogP contribution is 2.38. The van der Waals surface area contributed by atoms with Crippen LogP contribution in [0.3, 0.4) is 0 Å². The molecule has 0 aliphatic rings. The molecule has 0 saturated heterocycles. The number of hydrogen-bond donors (Lipinski definition) is 1. The van der Waals surface area contributed by atoms with E-state index in [1.54, 1.807) is 12.1 Å². The van der Waals surface area contributed by atoms with Gasteiger partial charge in [0, 0.05) is 17.7 Å². The fraction of sp³-hybridized carbons (Fsp3) is 0.0909. The molecule has 1 N–H and O–H groups in total. The molecule has 0 saturated carbocycles. The Balaban J connectivity index is 1.76. The second-order valence-corrected chi connectivity index (χ2v) is 9.29. The molecular weight excluding hydrogens is 530 g/mol. The van der Waals surface area contributed by atoms with Gasteiger partial charge in [-0.3, -0.25) is 14.9 Å². The van der Waals surface area contributed by atoms with Crippen molar-refractivity contribution in [2.75, 3.05) is 7.11 Å². The highest BCUT2D eigenvalue weighted by molar-refractivity contribution is 9.10. The largest absolute Gasteiger partial charge is 0.493 e. The standard InChI is InChI=1S/C22H18BrN3O7S/c1-14-3-9-18(10-4-14)34(30,31)33-21-19(23)11-15(12-20(21)32-2)13-24-25-22(27)16-5-7-17(8-6-16)26(28)29/h3-13H,1-2H3,(H,25,27)/b24-13-. The number of hydrogen-bond acceptors (Lipinski definition) is 8. The maximum Gasteiger partial charge on any atom is 0.339 e. The molecule has 0 fully saturated rings. The predicted octanol–water partition coefficient (Wildman–Crippen LogP) is 4.21. The molecule has 0 unspecified atom stereocenters. The van der Waals surface area contributed by atoms with Crippen LogP contribution in [0.2, 0.25) is 0 Å². The zero-order chi connectivity index (χ0) is 24.9. The lowest BCUT2D eigenvalue weighted by atomic mass is 10.2. The van der Waals surface area contributed by atoms with Crippen molar-refractivity contribution in [1.82, 2.24) is 5.43 Å². The van der Waals surface area contributed by atoms with Gasteiger partial charge in [0.1, 0.15) is 4.90 Å². The predicted molar refractivity (Wildman–Crippen MR) is 128 cm³/mol. The van der Waals surface area contributed by atoms with Crippen molar-refractivity contribution in [2.45, 2.75) is 11.8 Å². The van der Waals surface area contributed by atoms with Gasteiger partial charge in [-0.15, -0.1) is 0 Å². The topological polar surface area (TPSA) is 137 Å². The van der Waals surface area contributed by atoms with E-state index in [0.717, 1.165) is 5.56 Å². The SMILES string of the molecule is COc1cc(/C=N\NC(=O)c2ccc([N+](=O)[O-])cc2)cc(Br)c1OS(=O)(=O)c1ccc(C)cc1. The van der Waals surface area contributed by atoms with Crippen LogP contribution < -0.4 is 14.3 Å². The lowest BCUT2D eigenvalue weighted by Crippen LogP contribution is -2.17. The van der Waals surface area contributed by atoms with Gasteiger partial charge in [0.25, 0.3) is 11.6 Å². The number of methoxy groups -OCH3 is 1. The van der Waals surface area contributed by atoms with Gasteiger partial charge >= 0.3 is 10.1 Å². The Labute approximate surface area is 203 Å². The molecule has 12 heteroatoms. The highest BCUT2D eigenvalue weighted by Gasteiger charge is 2.22. The molecule has 0 aromatic heterocycles. The van der Waals surface area contributed by atoms with Crippen molar-refractivity contribution < 1.29 is 27.1 Å². The number of nitrogens with one attached hydrogen (secondary N) is 1. The van der Waals surface area contributed by atoms with Crippen LogP contribution in [0.4, 0.5) is 5.69 Å². The van der Waals surface area contributed by atoms with Crippen molar-refractivity contribution in [3.63, 3.8) is 0 Å². The number of aryl methyl sites for hydroxylation is 1. The van der Waals surface area contributed by atoms with Gasteiger partial charge in [0.05, 0.1) is 22.7 Å². The molecule has 0 atom stereocenters. The molecule has 3 aromatic carbocycles. The third-order valence-corrected chi connectivity index (χ3v) is 6.30. The Hall–Kier alpha value is -3.77. The maximum atomic E-state index is 12.6.